The third kappa shape index (κ3) is 3.97. The third-order valence-electron chi connectivity index (χ3n) is 5.38. The van der Waals surface area contributed by atoms with Crippen LogP contribution in [0.5, 0.6) is 0 Å². The number of fused-ring (bicyclic) bond motifs is 1. The SMILES string of the molecule is COC1C(n2cc3cc(C)[nH]c3nc2=O)OC(CC(C)(C)C)C1C(C)(C)C. The van der Waals surface area contributed by atoms with Crippen LogP contribution < -0.4 is 5.69 Å². The number of methoxy groups -OCH3 is 1. The molecule has 0 bridgehead atoms. The molecule has 1 aliphatic heterocycles. The summed E-state index contributed by atoms with van der Waals surface area (Å²) in [5, 5.41) is 0.900. The van der Waals surface area contributed by atoms with Crippen molar-refractivity contribution in [3.63, 3.8) is 0 Å². The summed E-state index contributed by atoms with van der Waals surface area (Å²) in [5.41, 5.74) is 1.37. The highest BCUT2D eigenvalue weighted by atomic mass is 16.6. The molecule has 0 spiro atoms. The highest BCUT2D eigenvalue weighted by molar-refractivity contribution is 5.75. The highest BCUT2D eigenvalue weighted by Gasteiger charge is 2.51. The average Bonchev–Trinajstić information content (AvgIpc) is 3.02. The minimum Gasteiger partial charge on any atom is -0.376 e. The number of nitrogens with zero attached hydrogens (tertiary/aromatic N) is 2. The number of rotatable bonds is 3. The first kappa shape index (κ1) is 20.1. The standard InChI is InChI=1S/C21H33N3O3/c1-12-9-13-11-24(19(25)23-17(13)22-12)18-16(26-8)15(21(5,6)7)14(27-18)10-20(2,3)4/h9,11,14-16,18H,10H2,1-8H3,(H,22,23,25). The van der Waals surface area contributed by atoms with Gasteiger partial charge in [0.2, 0.25) is 0 Å². The number of aromatic nitrogens is 3. The van der Waals surface area contributed by atoms with Crippen LogP contribution in [0.3, 0.4) is 0 Å². The van der Waals surface area contributed by atoms with Crippen molar-refractivity contribution in [2.24, 2.45) is 16.7 Å². The van der Waals surface area contributed by atoms with Gasteiger partial charge in [-0.2, -0.15) is 4.98 Å². The van der Waals surface area contributed by atoms with Crippen molar-refractivity contribution >= 4 is 11.0 Å². The van der Waals surface area contributed by atoms with Crippen LogP contribution in [0.2, 0.25) is 0 Å². The second-order valence-corrected chi connectivity index (χ2v) is 10.1. The van der Waals surface area contributed by atoms with Gasteiger partial charge in [0.25, 0.3) is 0 Å². The van der Waals surface area contributed by atoms with E-state index in [2.05, 4.69) is 51.5 Å². The van der Waals surface area contributed by atoms with Crippen molar-refractivity contribution in [2.45, 2.75) is 73.3 Å². The zero-order valence-electron chi connectivity index (χ0n) is 17.8. The van der Waals surface area contributed by atoms with Gasteiger partial charge < -0.3 is 14.5 Å². The van der Waals surface area contributed by atoms with Crippen molar-refractivity contribution in [1.82, 2.24) is 14.5 Å². The summed E-state index contributed by atoms with van der Waals surface area (Å²) in [4.78, 5) is 20.1. The summed E-state index contributed by atoms with van der Waals surface area (Å²) in [5.74, 6) is 0.169. The van der Waals surface area contributed by atoms with Gasteiger partial charge in [0.05, 0.1) is 6.10 Å². The molecule has 1 fully saturated rings. The summed E-state index contributed by atoms with van der Waals surface area (Å²) < 4.78 is 14.0. The van der Waals surface area contributed by atoms with Crippen LogP contribution in [-0.4, -0.2) is 33.9 Å². The van der Waals surface area contributed by atoms with Gasteiger partial charge in [-0.25, -0.2) is 4.79 Å². The second kappa shape index (κ2) is 6.74. The van der Waals surface area contributed by atoms with Crippen molar-refractivity contribution in [1.29, 1.82) is 0 Å². The van der Waals surface area contributed by atoms with Gasteiger partial charge in [-0.1, -0.05) is 41.5 Å². The molecular formula is C21H33N3O3. The van der Waals surface area contributed by atoms with Crippen LogP contribution >= 0.6 is 0 Å². The minimum absolute atomic E-state index is 0.00973. The average molecular weight is 376 g/mol. The van der Waals surface area contributed by atoms with Crippen LogP contribution in [0.15, 0.2) is 17.1 Å². The van der Waals surface area contributed by atoms with Crippen LogP contribution in [-0.2, 0) is 9.47 Å². The molecule has 0 aliphatic carbocycles. The van der Waals surface area contributed by atoms with Crippen LogP contribution in [0.1, 0.15) is 59.9 Å². The number of hydrogen-bond acceptors (Lipinski definition) is 4. The van der Waals surface area contributed by atoms with Crippen molar-refractivity contribution in [3.05, 3.63) is 28.4 Å². The smallest absolute Gasteiger partial charge is 0.351 e. The lowest BCUT2D eigenvalue weighted by Gasteiger charge is -2.36. The fraction of sp³-hybridized carbons (Fsp3) is 0.714. The second-order valence-electron chi connectivity index (χ2n) is 10.1. The Bertz CT molecular complexity index is 869. The predicted molar refractivity (Wildman–Crippen MR) is 107 cm³/mol. The Hall–Kier alpha value is -1.66. The molecule has 150 valence electrons. The molecule has 6 nitrogen and oxygen atoms in total. The first-order valence-electron chi connectivity index (χ1n) is 9.67. The molecule has 3 heterocycles. The molecular weight excluding hydrogens is 342 g/mol. The first-order valence-corrected chi connectivity index (χ1v) is 9.67. The Morgan fingerprint density at radius 3 is 2.48 bits per heavy atom. The molecule has 1 N–H and O–H groups in total. The lowest BCUT2D eigenvalue weighted by molar-refractivity contribution is -0.0590. The van der Waals surface area contributed by atoms with Gasteiger partial charge >= 0.3 is 5.69 Å². The lowest BCUT2D eigenvalue weighted by atomic mass is 9.71. The highest BCUT2D eigenvalue weighted by Crippen LogP contribution is 2.48. The van der Waals surface area contributed by atoms with Crippen LogP contribution in [0.4, 0.5) is 0 Å². The van der Waals surface area contributed by atoms with Crippen molar-refractivity contribution in [2.75, 3.05) is 7.11 Å². The number of H-pyrrole nitrogens is 1. The monoisotopic (exact) mass is 375 g/mol. The maximum Gasteiger partial charge on any atom is 0.351 e. The molecule has 1 aliphatic rings. The molecule has 1 saturated heterocycles. The molecule has 4 unspecified atom stereocenters. The van der Waals surface area contributed by atoms with Crippen LogP contribution in [0.25, 0.3) is 11.0 Å². The van der Waals surface area contributed by atoms with E-state index >= 15 is 0 Å². The lowest BCUT2D eigenvalue weighted by Crippen LogP contribution is -2.40. The number of nitrogens with one attached hydrogen (secondary N) is 1. The maximum absolute atomic E-state index is 12.7. The predicted octanol–water partition coefficient (Wildman–Crippen LogP) is 4.04. The Kier molecular flexibility index (Phi) is 5.02. The summed E-state index contributed by atoms with van der Waals surface area (Å²) in [6.45, 7) is 15.2. The van der Waals surface area contributed by atoms with E-state index in [0.717, 1.165) is 17.5 Å². The first-order chi connectivity index (χ1) is 12.4. The fourth-order valence-corrected chi connectivity index (χ4v) is 4.37. The van der Waals surface area contributed by atoms with Crippen molar-refractivity contribution in [3.8, 4) is 0 Å². The molecule has 27 heavy (non-hydrogen) atoms. The molecule has 0 saturated carbocycles. The Morgan fingerprint density at radius 1 is 1.26 bits per heavy atom. The molecule has 3 rings (SSSR count). The van der Waals surface area contributed by atoms with E-state index < -0.39 is 6.23 Å². The van der Waals surface area contributed by atoms with Gasteiger partial charge in [-0.15, -0.1) is 0 Å². The quantitative estimate of drug-likeness (QED) is 0.879. The summed E-state index contributed by atoms with van der Waals surface area (Å²) in [6, 6.07) is 1.99. The Balaban J connectivity index is 2.06. The van der Waals surface area contributed by atoms with Crippen LogP contribution in [0, 0.1) is 23.7 Å². The summed E-state index contributed by atoms with van der Waals surface area (Å²) in [7, 11) is 1.71. The molecule has 4 atom stereocenters. The van der Waals surface area contributed by atoms with Crippen molar-refractivity contribution < 1.29 is 9.47 Å². The summed E-state index contributed by atoms with van der Waals surface area (Å²) in [6.07, 6.45) is 2.05. The van der Waals surface area contributed by atoms with Gasteiger partial charge in [-0.3, -0.25) is 4.57 Å². The Labute approximate surface area is 161 Å². The molecule has 0 amide bonds. The molecule has 6 heteroatoms. The van der Waals surface area contributed by atoms with E-state index in [0.29, 0.717) is 5.65 Å². The molecule has 2 aromatic heterocycles. The van der Waals surface area contributed by atoms with Gasteiger partial charge in [0.1, 0.15) is 11.8 Å². The van der Waals surface area contributed by atoms with E-state index in [1.165, 1.54) is 0 Å². The Morgan fingerprint density at radius 2 is 1.93 bits per heavy atom. The number of ether oxygens (including phenoxy) is 2. The molecule has 0 radical (unpaired) electrons. The molecule has 0 aromatic carbocycles. The van der Waals surface area contributed by atoms with E-state index in [9.17, 15) is 4.79 Å². The van der Waals surface area contributed by atoms with Gasteiger partial charge in [0, 0.05) is 30.3 Å². The summed E-state index contributed by atoms with van der Waals surface area (Å²) >= 11 is 0. The van der Waals surface area contributed by atoms with E-state index in [-0.39, 0.29) is 34.6 Å². The third-order valence-corrected chi connectivity index (χ3v) is 5.38. The number of aromatic amines is 1. The maximum atomic E-state index is 12.7. The zero-order valence-corrected chi connectivity index (χ0v) is 17.8. The minimum atomic E-state index is -0.480. The van der Waals surface area contributed by atoms with E-state index in [1.54, 1.807) is 11.7 Å². The zero-order chi connectivity index (χ0) is 20.1. The topological polar surface area (TPSA) is 69.1 Å². The number of hydrogen-bond donors (Lipinski definition) is 1. The van der Waals surface area contributed by atoms with E-state index in [4.69, 9.17) is 9.47 Å². The van der Waals surface area contributed by atoms with Gasteiger partial charge in [-0.05, 0) is 30.2 Å². The fourth-order valence-electron chi connectivity index (χ4n) is 4.37. The normalized spacial score (nSPS) is 26.8. The number of aryl methyl sites for hydroxylation is 1. The van der Waals surface area contributed by atoms with Gasteiger partial charge in [0.15, 0.2) is 6.23 Å². The van der Waals surface area contributed by atoms with E-state index in [1.807, 2.05) is 19.2 Å². The molecule has 2 aromatic rings. The largest absolute Gasteiger partial charge is 0.376 e.